The van der Waals surface area contributed by atoms with E-state index in [0.29, 0.717) is 6.42 Å². The van der Waals surface area contributed by atoms with Crippen molar-refractivity contribution < 1.29 is 0 Å². The fraction of sp³-hybridized carbons (Fsp3) is 0.417. The van der Waals surface area contributed by atoms with Crippen molar-refractivity contribution in [2.75, 3.05) is 6.54 Å². The fourth-order valence-electron chi connectivity index (χ4n) is 1.32. The van der Waals surface area contributed by atoms with Crippen molar-refractivity contribution in [1.82, 2.24) is 5.32 Å². The number of aryl methyl sites for hydroxylation is 1. The SMILES string of the molecule is Cc1ccccc1CNCCCC#N. The Kier molecular flexibility index (Phi) is 4.74. The number of rotatable bonds is 5. The van der Waals surface area contributed by atoms with Crippen molar-refractivity contribution in [1.29, 1.82) is 5.26 Å². The van der Waals surface area contributed by atoms with Gasteiger partial charge in [-0.15, -0.1) is 0 Å². The van der Waals surface area contributed by atoms with E-state index in [-0.39, 0.29) is 0 Å². The molecule has 74 valence electrons. The van der Waals surface area contributed by atoms with Crippen LogP contribution in [0.2, 0.25) is 0 Å². The molecule has 0 aliphatic rings. The smallest absolute Gasteiger partial charge is 0.0622 e. The van der Waals surface area contributed by atoms with Gasteiger partial charge in [0, 0.05) is 13.0 Å². The lowest BCUT2D eigenvalue weighted by Crippen LogP contribution is -2.15. The van der Waals surface area contributed by atoms with E-state index in [1.54, 1.807) is 0 Å². The summed E-state index contributed by atoms with van der Waals surface area (Å²) in [6.07, 6.45) is 1.57. The van der Waals surface area contributed by atoms with Crippen LogP contribution in [-0.2, 0) is 6.54 Å². The standard InChI is InChI=1S/C12H16N2/c1-11-6-2-3-7-12(11)10-14-9-5-4-8-13/h2-3,6-7,14H,4-5,9-10H2,1H3. The predicted molar refractivity (Wildman–Crippen MR) is 57.7 cm³/mol. The monoisotopic (exact) mass is 188 g/mol. The molecule has 0 saturated heterocycles. The third-order valence-electron chi connectivity index (χ3n) is 2.22. The summed E-state index contributed by atoms with van der Waals surface area (Å²) in [5.74, 6) is 0. The second-order valence-electron chi connectivity index (χ2n) is 3.36. The maximum atomic E-state index is 8.35. The third-order valence-corrected chi connectivity index (χ3v) is 2.22. The van der Waals surface area contributed by atoms with Gasteiger partial charge in [0.1, 0.15) is 0 Å². The number of nitrogens with zero attached hydrogens (tertiary/aromatic N) is 1. The molecule has 0 amide bonds. The summed E-state index contributed by atoms with van der Waals surface area (Å²) in [7, 11) is 0. The Bertz CT molecular complexity index is 312. The van der Waals surface area contributed by atoms with Crippen LogP contribution in [0.25, 0.3) is 0 Å². The molecule has 14 heavy (non-hydrogen) atoms. The van der Waals surface area contributed by atoms with Gasteiger partial charge >= 0.3 is 0 Å². The zero-order valence-electron chi connectivity index (χ0n) is 8.59. The lowest BCUT2D eigenvalue weighted by Gasteiger charge is -2.06. The fourth-order valence-corrected chi connectivity index (χ4v) is 1.32. The van der Waals surface area contributed by atoms with E-state index < -0.39 is 0 Å². The minimum atomic E-state index is 0.640. The molecule has 1 N–H and O–H groups in total. The molecular weight excluding hydrogens is 172 g/mol. The number of hydrogen-bond donors (Lipinski definition) is 1. The summed E-state index contributed by atoms with van der Waals surface area (Å²) in [5.41, 5.74) is 2.66. The number of benzene rings is 1. The first kappa shape index (κ1) is 10.7. The van der Waals surface area contributed by atoms with Gasteiger partial charge in [-0.25, -0.2) is 0 Å². The predicted octanol–water partition coefficient (Wildman–Crippen LogP) is 2.39. The molecule has 0 aliphatic heterocycles. The minimum absolute atomic E-state index is 0.640. The molecule has 2 heteroatoms. The summed E-state index contributed by atoms with van der Waals surface area (Å²) < 4.78 is 0. The lowest BCUT2D eigenvalue weighted by atomic mass is 10.1. The van der Waals surface area contributed by atoms with Gasteiger partial charge in [0.15, 0.2) is 0 Å². The number of unbranched alkanes of at least 4 members (excludes halogenated alkanes) is 1. The molecule has 0 aromatic heterocycles. The van der Waals surface area contributed by atoms with Crippen LogP contribution in [0.5, 0.6) is 0 Å². The molecule has 0 aliphatic carbocycles. The van der Waals surface area contributed by atoms with E-state index in [1.165, 1.54) is 11.1 Å². The summed E-state index contributed by atoms with van der Waals surface area (Å²) >= 11 is 0. The summed E-state index contributed by atoms with van der Waals surface area (Å²) in [6, 6.07) is 10.5. The highest BCUT2D eigenvalue weighted by molar-refractivity contribution is 5.25. The van der Waals surface area contributed by atoms with Gasteiger partial charge in [-0.05, 0) is 31.0 Å². The molecule has 0 saturated carbocycles. The third kappa shape index (κ3) is 3.59. The average Bonchev–Trinajstić information content (AvgIpc) is 2.20. The minimum Gasteiger partial charge on any atom is -0.313 e. The highest BCUT2D eigenvalue weighted by atomic mass is 14.8. The molecule has 0 atom stereocenters. The first-order chi connectivity index (χ1) is 6.84. The molecule has 0 heterocycles. The van der Waals surface area contributed by atoms with Gasteiger partial charge in [0.25, 0.3) is 0 Å². The van der Waals surface area contributed by atoms with E-state index in [4.69, 9.17) is 5.26 Å². The second kappa shape index (κ2) is 6.17. The van der Waals surface area contributed by atoms with Crippen LogP contribution in [-0.4, -0.2) is 6.54 Å². The molecule has 1 rings (SSSR count). The number of nitrogens with one attached hydrogen (secondary N) is 1. The summed E-state index contributed by atoms with van der Waals surface area (Å²) in [5, 5.41) is 11.7. The zero-order valence-corrected chi connectivity index (χ0v) is 8.59. The van der Waals surface area contributed by atoms with Gasteiger partial charge in [0.05, 0.1) is 6.07 Å². The maximum Gasteiger partial charge on any atom is 0.0622 e. The average molecular weight is 188 g/mol. The van der Waals surface area contributed by atoms with Crippen LogP contribution in [0.1, 0.15) is 24.0 Å². The highest BCUT2D eigenvalue weighted by Crippen LogP contribution is 2.05. The van der Waals surface area contributed by atoms with Crippen molar-refractivity contribution in [3.8, 4) is 6.07 Å². The molecule has 2 nitrogen and oxygen atoms in total. The molecule has 0 fully saturated rings. The van der Waals surface area contributed by atoms with Gasteiger partial charge in [0.2, 0.25) is 0 Å². The van der Waals surface area contributed by atoms with Gasteiger partial charge in [-0.3, -0.25) is 0 Å². The molecule has 1 aromatic carbocycles. The Morgan fingerprint density at radius 1 is 1.36 bits per heavy atom. The van der Waals surface area contributed by atoms with E-state index in [1.807, 2.05) is 0 Å². The highest BCUT2D eigenvalue weighted by Gasteiger charge is 1.95. The summed E-state index contributed by atoms with van der Waals surface area (Å²) in [4.78, 5) is 0. The zero-order chi connectivity index (χ0) is 10.2. The normalized spacial score (nSPS) is 9.71. The van der Waals surface area contributed by atoms with Crippen LogP contribution < -0.4 is 5.32 Å². The van der Waals surface area contributed by atoms with Crippen molar-refractivity contribution in [2.45, 2.75) is 26.3 Å². The lowest BCUT2D eigenvalue weighted by molar-refractivity contribution is 0.656. The number of nitriles is 1. The quantitative estimate of drug-likeness (QED) is 0.720. The van der Waals surface area contributed by atoms with E-state index in [2.05, 4.69) is 42.6 Å². The molecular formula is C12H16N2. The summed E-state index contributed by atoms with van der Waals surface area (Å²) in [6.45, 7) is 3.94. The van der Waals surface area contributed by atoms with E-state index >= 15 is 0 Å². The van der Waals surface area contributed by atoms with Gasteiger partial charge in [-0.1, -0.05) is 24.3 Å². The van der Waals surface area contributed by atoms with Gasteiger partial charge in [-0.2, -0.15) is 5.26 Å². The van der Waals surface area contributed by atoms with Crippen LogP contribution in [0, 0.1) is 18.3 Å². The Hall–Kier alpha value is -1.33. The topological polar surface area (TPSA) is 35.8 Å². The van der Waals surface area contributed by atoms with Crippen molar-refractivity contribution in [3.05, 3.63) is 35.4 Å². The molecule has 1 aromatic rings. The Balaban J connectivity index is 2.25. The van der Waals surface area contributed by atoms with Gasteiger partial charge < -0.3 is 5.32 Å². The molecule has 0 unspecified atom stereocenters. The van der Waals surface area contributed by atoms with Crippen LogP contribution in [0.4, 0.5) is 0 Å². The van der Waals surface area contributed by atoms with Crippen LogP contribution >= 0.6 is 0 Å². The Morgan fingerprint density at radius 3 is 2.86 bits per heavy atom. The molecule has 0 bridgehead atoms. The van der Waals surface area contributed by atoms with Crippen molar-refractivity contribution >= 4 is 0 Å². The molecule has 0 spiro atoms. The van der Waals surface area contributed by atoms with Crippen LogP contribution in [0.15, 0.2) is 24.3 Å². The Morgan fingerprint density at radius 2 is 2.14 bits per heavy atom. The first-order valence-corrected chi connectivity index (χ1v) is 4.97. The number of hydrogen-bond acceptors (Lipinski definition) is 2. The van der Waals surface area contributed by atoms with Crippen LogP contribution in [0.3, 0.4) is 0 Å². The van der Waals surface area contributed by atoms with Crippen molar-refractivity contribution in [2.24, 2.45) is 0 Å². The van der Waals surface area contributed by atoms with E-state index in [0.717, 1.165) is 19.5 Å². The van der Waals surface area contributed by atoms with Crippen molar-refractivity contribution in [3.63, 3.8) is 0 Å². The Labute approximate surface area is 85.6 Å². The maximum absolute atomic E-state index is 8.35. The second-order valence-corrected chi connectivity index (χ2v) is 3.36. The largest absolute Gasteiger partial charge is 0.313 e. The molecule has 0 radical (unpaired) electrons. The van der Waals surface area contributed by atoms with E-state index in [9.17, 15) is 0 Å². The first-order valence-electron chi connectivity index (χ1n) is 4.97.